The Kier molecular flexibility index (Phi) is 2.71. The number of aromatic hydroxyl groups is 2. The first-order valence-electron chi connectivity index (χ1n) is 6.34. The molecule has 0 spiro atoms. The molecule has 0 saturated carbocycles. The summed E-state index contributed by atoms with van der Waals surface area (Å²) in [5.41, 5.74) is 4.17. The van der Waals surface area contributed by atoms with Crippen LogP contribution in [0.4, 0.5) is 0 Å². The van der Waals surface area contributed by atoms with Gasteiger partial charge >= 0.3 is 0 Å². The van der Waals surface area contributed by atoms with Gasteiger partial charge < -0.3 is 10.2 Å². The van der Waals surface area contributed by atoms with Gasteiger partial charge in [0, 0.05) is 0 Å². The molecule has 0 atom stereocenters. The lowest BCUT2D eigenvalue weighted by Gasteiger charge is -2.12. The number of rotatable bonds is 0. The zero-order valence-electron chi connectivity index (χ0n) is 10.2. The summed E-state index contributed by atoms with van der Waals surface area (Å²) >= 11 is 0. The normalized spacial score (nSPS) is 14.2. The first kappa shape index (κ1) is 11.1. The average molecular weight is 240 g/mol. The Morgan fingerprint density at radius 2 is 1.06 bits per heavy atom. The van der Waals surface area contributed by atoms with Crippen molar-refractivity contribution in [1.29, 1.82) is 0 Å². The smallest absolute Gasteiger partial charge is 0.119 e. The highest BCUT2D eigenvalue weighted by Crippen LogP contribution is 2.26. The summed E-state index contributed by atoms with van der Waals surface area (Å²) in [7, 11) is 0. The summed E-state index contributed by atoms with van der Waals surface area (Å²) in [5.74, 6) is 0.790. The van der Waals surface area contributed by atoms with Gasteiger partial charge in [0.25, 0.3) is 0 Å². The topological polar surface area (TPSA) is 40.5 Å². The minimum absolute atomic E-state index is 0.395. The van der Waals surface area contributed by atoms with Crippen molar-refractivity contribution in [3.05, 3.63) is 58.7 Å². The molecule has 2 heteroatoms. The van der Waals surface area contributed by atoms with Crippen LogP contribution >= 0.6 is 0 Å². The van der Waals surface area contributed by atoms with E-state index in [1.807, 2.05) is 24.3 Å². The Morgan fingerprint density at radius 3 is 1.44 bits per heavy atom. The molecule has 0 radical (unpaired) electrons. The van der Waals surface area contributed by atoms with Crippen LogP contribution in [0.5, 0.6) is 11.5 Å². The Bertz CT molecular complexity index is 534. The third-order valence-electron chi connectivity index (χ3n) is 3.67. The van der Waals surface area contributed by atoms with Crippen LogP contribution in [0.2, 0.25) is 0 Å². The lowest BCUT2D eigenvalue weighted by Crippen LogP contribution is -1.98. The van der Waals surface area contributed by atoms with Gasteiger partial charge in [-0.2, -0.15) is 0 Å². The number of hydrogen-bond donors (Lipinski definition) is 2. The number of phenols is 2. The minimum Gasteiger partial charge on any atom is -0.508 e. The lowest BCUT2D eigenvalue weighted by atomic mass is 9.95. The molecule has 0 saturated heterocycles. The van der Waals surface area contributed by atoms with Crippen molar-refractivity contribution in [3.8, 4) is 11.5 Å². The maximum atomic E-state index is 9.96. The maximum absolute atomic E-state index is 9.96. The summed E-state index contributed by atoms with van der Waals surface area (Å²) in [6.07, 6.45) is 3.26. The number of phenolic OH excluding ortho intramolecular Hbond substituents is 2. The highest BCUT2D eigenvalue weighted by atomic mass is 16.3. The van der Waals surface area contributed by atoms with Crippen LogP contribution in [-0.4, -0.2) is 10.2 Å². The second-order valence-electron chi connectivity index (χ2n) is 4.93. The predicted molar refractivity (Wildman–Crippen MR) is 71.0 cm³/mol. The second-order valence-corrected chi connectivity index (χ2v) is 4.93. The van der Waals surface area contributed by atoms with Gasteiger partial charge in [0.15, 0.2) is 0 Å². The molecule has 0 aliphatic heterocycles. The van der Waals surface area contributed by atoms with Gasteiger partial charge in [0.05, 0.1) is 0 Å². The van der Waals surface area contributed by atoms with Crippen LogP contribution in [0, 0.1) is 0 Å². The third kappa shape index (κ3) is 2.06. The molecule has 4 bridgehead atoms. The largest absolute Gasteiger partial charge is 0.508 e. The van der Waals surface area contributed by atoms with Crippen molar-refractivity contribution in [2.24, 2.45) is 0 Å². The van der Waals surface area contributed by atoms with E-state index in [0.717, 1.165) is 47.9 Å². The van der Waals surface area contributed by atoms with Gasteiger partial charge in [-0.05, 0) is 60.1 Å². The molecule has 4 aliphatic rings. The van der Waals surface area contributed by atoms with Crippen LogP contribution < -0.4 is 0 Å². The van der Waals surface area contributed by atoms with E-state index in [0.29, 0.717) is 11.5 Å². The molecule has 0 amide bonds. The van der Waals surface area contributed by atoms with Crippen molar-refractivity contribution in [2.45, 2.75) is 25.7 Å². The quantitative estimate of drug-likeness (QED) is 0.743. The van der Waals surface area contributed by atoms with Gasteiger partial charge in [-0.3, -0.25) is 0 Å². The van der Waals surface area contributed by atoms with Crippen molar-refractivity contribution in [2.75, 3.05) is 0 Å². The summed E-state index contributed by atoms with van der Waals surface area (Å²) in [6.45, 7) is 0. The van der Waals surface area contributed by atoms with E-state index in [9.17, 15) is 10.2 Å². The fourth-order valence-electron chi connectivity index (χ4n) is 2.51. The molecular formula is C16H16O2. The SMILES string of the molecule is Oc1cc2ccc1CCc1ccc(c(O)c1)CC2. The molecule has 0 unspecified atom stereocenters. The molecule has 0 fully saturated rings. The number of hydrogen-bond acceptors (Lipinski definition) is 2. The van der Waals surface area contributed by atoms with E-state index in [4.69, 9.17) is 0 Å². The monoisotopic (exact) mass is 240 g/mol. The first-order chi connectivity index (χ1) is 8.72. The molecule has 6 rings (SSSR count). The zero-order chi connectivity index (χ0) is 12.5. The van der Waals surface area contributed by atoms with Crippen molar-refractivity contribution < 1.29 is 10.2 Å². The molecule has 2 aromatic carbocycles. The van der Waals surface area contributed by atoms with Gasteiger partial charge in [0.1, 0.15) is 11.5 Å². The van der Waals surface area contributed by atoms with Gasteiger partial charge in [-0.25, -0.2) is 0 Å². The lowest BCUT2D eigenvalue weighted by molar-refractivity contribution is 0.464. The van der Waals surface area contributed by atoms with Crippen molar-refractivity contribution in [3.63, 3.8) is 0 Å². The summed E-state index contributed by atoms with van der Waals surface area (Å²) < 4.78 is 0. The molecule has 92 valence electrons. The maximum Gasteiger partial charge on any atom is 0.119 e. The first-order valence-corrected chi connectivity index (χ1v) is 6.34. The average Bonchev–Trinajstić information content (AvgIpc) is 2.34. The fourth-order valence-corrected chi connectivity index (χ4v) is 2.51. The van der Waals surface area contributed by atoms with E-state index in [-0.39, 0.29) is 0 Å². The molecular weight excluding hydrogens is 224 g/mol. The van der Waals surface area contributed by atoms with Crippen molar-refractivity contribution >= 4 is 0 Å². The number of aryl methyl sites for hydroxylation is 4. The van der Waals surface area contributed by atoms with Crippen LogP contribution in [0.1, 0.15) is 22.3 Å². The van der Waals surface area contributed by atoms with E-state index >= 15 is 0 Å². The fraction of sp³-hybridized carbons (Fsp3) is 0.250. The zero-order valence-corrected chi connectivity index (χ0v) is 10.2. The second kappa shape index (κ2) is 4.37. The highest BCUT2D eigenvalue weighted by Gasteiger charge is 2.09. The molecule has 2 aromatic rings. The summed E-state index contributed by atoms with van der Waals surface area (Å²) in [6, 6.07) is 11.9. The van der Waals surface area contributed by atoms with Crippen LogP contribution in [0.25, 0.3) is 0 Å². The molecule has 0 heterocycles. The summed E-state index contributed by atoms with van der Waals surface area (Å²) in [4.78, 5) is 0. The van der Waals surface area contributed by atoms with E-state index in [2.05, 4.69) is 12.1 Å². The minimum atomic E-state index is 0.395. The Labute approximate surface area is 107 Å². The summed E-state index contributed by atoms with van der Waals surface area (Å²) in [5, 5.41) is 19.9. The third-order valence-corrected chi connectivity index (χ3v) is 3.67. The van der Waals surface area contributed by atoms with Crippen LogP contribution in [0.3, 0.4) is 0 Å². The van der Waals surface area contributed by atoms with Gasteiger partial charge in [-0.1, -0.05) is 24.3 Å². The van der Waals surface area contributed by atoms with Gasteiger partial charge in [-0.15, -0.1) is 0 Å². The predicted octanol–water partition coefficient (Wildman–Crippen LogP) is 2.98. The van der Waals surface area contributed by atoms with E-state index in [1.165, 1.54) is 0 Å². The van der Waals surface area contributed by atoms with E-state index < -0.39 is 0 Å². The molecule has 2 N–H and O–H groups in total. The Hall–Kier alpha value is -1.96. The Balaban J connectivity index is 2.03. The van der Waals surface area contributed by atoms with Crippen molar-refractivity contribution in [1.82, 2.24) is 0 Å². The standard InChI is InChI=1S/C16H16O2/c17-15-9-11-1-5-13(15)8-4-12-2-6-14(7-3-11)16(18)10-12/h1-2,5-6,9-10,17-18H,3-4,7-8H2. The van der Waals surface area contributed by atoms with Crippen LogP contribution in [0.15, 0.2) is 36.4 Å². The Morgan fingerprint density at radius 1 is 0.611 bits per heavy atom. The van der Waals surface area contributed by atoms with E-state index in [1.54, 1.807) is 0 Å². The molecule has 2 nitrogen and oxygen atoms in total. The highest BCUT2D eigenvalue weighted by molar-refractivity contribution is 5.41. The van der Waals surface area contributed by atoms with Gasteiger partial charge in [0.2, 0.25) is 0 Å². The molecule has 18 heavy (non-hydrogen) atoms. The molecule has 4 aliphatic carbocycles. The van der Waals surface area contributed by atoms with Crippen LogP contribution in [-0.2, 0) is 25.7 Å². The number of benzene rings is 2. The molecule has 0 aromatic heterocycles.